The molecule has 0 spiro atoms. The first-order chi connectivity index (χ1) is 11.1. The Bertz CT molecular complexity index is 504. The number of aromatic nitrogens is 3. The van der Waals surface area contributed by atoms with Crippen LogP contribution in [0.2, 0.25) is 0 Å². The molecule has 0 saturated carbocycles. The van der Waals surface area contributed by atoms with Crippen molar-refractivity contribution in [1.29, 1.82) is 0 Å². The third kappa shape index (κ3) is 5.22. The third-order valence-corrected chi connectivity index (χ3v) is 3.92. The Hall–Kier alpha value is -2.12. The van der Waals surface area contributed by atoms with Crippen molar-refractivity contribution in [3.63, 3.8) is 0 Å². The zero-order valence-corrected chi connectivity index (χ0v) is 14.1. The lowest BCUT2D eigenvalue weighted by Crippen LogP contribution is -2.42. The highest BCUT2D eigenvalue weighted by Gasteiger charge is 2.23. The molecule has 2 heterocycles. The van der Waals surface area contributed by atoms with Crippen molar-refractivity contribution in [2.75, 3.05) is 30.3 Å². The normalized spacial score (nSPS) is 16.7. The van der Waals surface area contributed by atoms with Crippen molar-refractivity contribution in [2.24, 2.45) is 0 Å². The maximum absolute atomic E-state index is 11.7. The molecule has 23 heavy (non-hydrogen) atoms. The van der Waals surface area contributed by atoms with E-state index in [1.165, 1.54) is 0 Å². The standard InChI is InChI=1S/C15H26N6O2/c1-4-11(3)17-14-19-13(10-16-20-14)18-12-6-8-21(9-7-12)15(22)23-5-2/h10-12H,4-9H2,1-3H3,(H2,17,18,19,20). The second-order valence-corrected chi connectivity index (χ2v) is 5.72. The van der Waals surface area contributed by atoms with Crippen molar-refractivity contribution in [1.82, 2.24) is 20.1 Å². The van der Waals surface area contributed by atoms with Gasteiger partial charge < -0.3 is 20.3 Å². The summed E-state index contributed by atoms with van der Waals surface area (Å²) < 4.78 is 5.03. The highest BCUT2D eigenvalue weighted by atomic mass is 16.6. The van der Waals surface area contributed by atoms with Crippen LogP contribution in [-0.2, 0) is 4.74 Å². The fourth-order valence-corrected chi connectivity index (χ4v) is 2.39. The molecule has 0 radical (unpaired) electrons. The predicted octanol–water partition coefficient (Wildman–Crippen LogP) is 2.11. The zero-order chi connectivity index (χ0) is 16.7. The van der Waals surface area contributed by atoms with Crippen LogP contribution < -0.4 is 10.6 Å². The van der Waals surface area contributed by atoms with Crippen LogP contribution in [0.15, 0.2) is 6.20 Å². The molecule has 1 atom stereocenters. The quantitative estimate of drug-likeness (QED) is 0.828. The molecule has 0 aliphatic carbocycles. The van der Waals surface area contributed by atoms with Crippen LogP contribution in [0.4, 0.5) is 16.6 Å². The molecule has 1 aromatic heterocycles. The number of hydrogen-bond acceptors (Lipinski definition) is 7. The smallest absolute Gasteiger partial charge is 0.409 e. The summed E-state index contributed by atoms with van der Waals surface area (Å²) in [5.74, 6) is 1.24. The summed E-state index contributed by atoms with van der Waals surface area (Å²) in [6.45, 7) is 7.79. The van der Waals surface area contributed by atoms with Crippen LogP contribution in [0.25, 0.3) is 0 Å². The summed E-state index contributed by atoms with van der Waals surface area (Å²) in [6.07, 6.45) is 4.11. The third-order valence-electron chi connectivity index (χ3n) is 3.92. The van der Waals surface area contributed by atoms with Gasteiger partial charge in [-0.3, -0.25) is 0 Å². The number of amides is 1. The number of nitrogens with one attached hydrogen (secondary N) is 2. The van der Waals surface area contributed by atoms with Crippen molar-refractivity contribution in [3.05, 3.63) is 6.20 Å². The average molecular weight is 322 g/mol. The minimum absolute atomic E-state index is 0.227. The van der Waals surface area contributed by atoms with Gasteiger partial charge in [-0.1, -0.05) is 6.92 Å². The van der Waals surface area contributed by atoms with Gasteiger partial charge in [0.2, 0.25) is 5.95 Å². The van der Waals surface area contributed by atoms with E-state index in [0.717, 1.165) is 19.3 Å². The molecule has 8 nitrogen and oxygen atoms in total. The average Bonchev–Trinajstić information content (AvgIpc) is 2.56. The molecule has 1 saturated heterocycles. The Kier molecular flexibility index (Phi) is 6.37. The molecule has 1 unspecified atom stereocenters. The van der Waals surface area contributed by atoms with E-state index < -0.39 is 0 Å². The van der Waals surface area contributed by atoms with Crippen molar-refractivity contribution >= 4 is 17.9 Å². The monoisotopic (exact) mass is 322 g/mol. The Labute approximate surface area is 137 Å². The first-order valence-electron chi connectivity index (χ1n) is 8.26. The summed E-state index contributed by atoms with van der Waals surface area (Å²) in [4.78, 5) is 17.9. The summed E-state index contributed by atoms with van der Waals surface area (Å²) in [7, 11) is 0. The molecule has 1 amide bonds. The number of hydrogen-bond donors (Lipinski definition) is 2. The number of anilines is 2. The predicted molar refractivity (Wildman–Crippen MR) is 88.4 cm³/mol. The summed E-state index contributed by atoms with van der Waals surface area (Å²) in [5, 5.41) is 14.6. The molecule has 2 rings (SSSR count). The van der Waals surface area contributed by atoms with Crippen LogP contribution in [0, 0.1) is 0 Å². The Morgan fingerprint density at radius 2 is 2.17 bits per heavy atom. The molecule has 8 heteroatoms. The topological polar surface area (TPSA) is 92.3 Å². The van der Waals surface area contributed by atoms with Crippen LogP contribution in [0.3, 0.4) is 0 Å². The number of carbonyl (C=O) groups is 1. The maximum atomic E-state index is 11.7. The van der Waals surface area contributed by atoms with Crippen molar-refractivity contribution in [2.45, 2.75) is 52.1 Å². The van der Waals surface area contributed by atoms with Gasteiger partial charge in [-0.15, -0.1) is 5.10 Å². The Balaban J connectivity index is 1.84. The van der Waals surface area contributed by atoms with Crippen LogP contribution >= 0.6 is 0 Å². The van der Waals surface area contributed by atoms with Gasteiger partial charge in [0.25, 0.3) is 0 Å². The lowest BCUT2D eigenvalue weighted by molar-refractivity contribution is 0.0983. The van der Waals surface area contributed by atoms with Gasteiger partial charge in [-0.25, -0.2) is 4.79 Å². The van der Waals surface area contributed by atoms with Gasteiger partial charge in [0.15, 0.2) is 5.82 Å². The van der Waals surface area contributed by atoms with Gasteiger partial charge in [0.1, 0.15) is 0 Å². The van der Waals surface area contributed by atoms with E-state index in [-0.39, 0.29) is 12.1 Å². The molecular weight excluding hydrogens is 296 g/mol. The maximum Gasteiger partial charge on any atom is 0.409 e. The number of piperidine rings is 1. The number of carbonyl (C=O) groups excluding carboxylic acids is 1. The van der Waals surface area contributed by atoms with Gasteiger partial charge >= 0.3 is 6.09 Å². The van der Waals surface area contributed by atoms with E-state index in [0.29, 0.717) is 37.5 Å². The fraction of sp³-hybridized carbons (Fsp3) is 0.733. The van der Waals surface area contributed by atoms with Crippen molar-refractivity contribution < 1.29 is 9.53 Å². The number of nitrogens with zero attached hydrogens (tertiary/aromatic N) is 4. The molecule has 0 aromatic carbocycles. The van der Waals surface area contributed by atoms with Gasteiger partial charge in [0.05, 0.1) is 12.8 Å². The summed E-state index contributed by atoms with van der Waals surface area (Å²) in [6, 6.07) is 0.577. The molecule has 1 aliphatic heterocycles. The molecular formula is C15H26N6O2. The van der Waals surface area contributed by atoms with Crippen molar-refractivity contribution in [3.8, 4) is 0 Å². The van der Waals surface area contributed by atoms with Crippen LogP contribution in [0.5, 0.6) is 0 Å². The number of rotatable bonds is 6. The minimum Gasteiger partial charge on any atom is -0.450 e. The molecule has 1 fully saturated rings. The van der Waals surface area contributed by atoms with E-state index in [9.17, 15) is 4.79 Å². The number of ether oxygens (including phenoxy) is 1. The van der Waals surface area contributed by atoms with E-state index in [2.05, 4.69) is 39.7 Å². The lowest BCUT2D eigenvalue weighted by Gasteiger charge is -2.31. The molecule has 2 N–H and O–H groups in total. The zero-order valence-electron chi connectivity index (χ0n) is 14.1. The second-order valence-electron chi connectivity index (χ2n) is 5.72. The lowest BCUT2D eigenvalue weighted by atomic mass is 10.1. The van der Waals surface area contributed by atoms with Crippen LogP contribution in [0.1, 0.15) is 40.0 Å². The minimum atomic E-state index is -0.227. The van der Waals surface area contributed by atoms with E-state index in [1.54, 1.807) is 11.1 Å². The Morgan fingerprint density at radius 3 is 2.83 bits per heavy atom. The second kappa shape index (κ2) is 8.50. The highest BCUT2D eigenvalue weighted by Crippen LogP contribution is 2.16. The molecule has 0 bridgehead atoms. The summed E-state index contributed by atoms with van der Waals surface area (Å²) in [5.41, 5.74) is 0. The first-order valence-corrected chi connectivity index (χ1v) is 8.26. The highest BCUT2D eigenvalue weighted by molar-refractivity contribution is 5.67. The largest absolute Gasteiger partial charge is 0.450 e. The first kappa shape index (κ1) is 17.2. The fourth-order valence-electron chi connectivity index (χ4n) is 2.39. The van der Waals surface area contributed by atoms with Crippen LogP contribution in [-0.4, -0.2) is 58.0 Å². The van der Waals surface area contributed by atoms with E-state index in [1.807, 2.05) is 6.92 Å². The summed E-state index contributed by atoms with van der Waals surface area (Å²) >= 11 is 0. The van der Waals surface area contributed by atoms with Gasteiger partial charge in [0, 0.05) is 25.2 Å². The van der Waals surface area contributed by atoms with E-state index in [4.69, 9.17) is 4.74 Å². The van der Waals surface area contributed by atoms with Gasteiger partial charge in [-0.2, -0.15) is 10.1 Å². The Morgan fingerprint density at radius 1 is 1.43 bits per heavy atom. The van der Waals surface area contributed by atoms with Gasteiger partial charge in [-0.05, 0) is 33.1 Å². The molecule has 1 aromatic rings. The molecule has 128 valence electrons. The molecule has 1 aliphatic rings. The van der Waals surface area contributed by atoms with E-state index >= 15 is 0 Å². The SMILES string of the molecule is CCOC(=O)N1CCC(Nc2cnnc(NC(C)CC)n2)CC1. The number of likely N-dealkylation sites (tertiary alicyclic amines) is 1.